The van der Waals surface area contributed by atoms with Crippen LogP contribution in [0.1, 0.15) is 11.4 Å². The van der Waals surface area contributed by atoms with Crippen LogP contribution in [0.25, 0.3) is 0 Å². The lowest BCUT2D eigenvalue weighted by atomic mass is 10.4. The standard InChI is InChI=1S/C4H5N3O3/c1-3-4(2-5-8)7(9)10-6-3/h2,8H,1H3/b5-2+. The zero-order valence-corrected chi connectivity index (χ0v) is 5.18. The van der Waals surface area contributed by atoms with Gasteiger partial charge in [-0.2, -0.15) is 0 Å². The highest BCUT2D eigenvalue weighted by atomic mass is 16.8. The second-order valence-corrected chi connectivity index (χ2v) is 1.65. The Morgan fingerprint density at radius 2 is 2.60 bits per heavy atom. The Balaban J connectivity index is 3.10. The van der Waals surface area contributed by atoms with Gasteiger partial charge in [-0.25, -0.2) is 0 Å². The molecule has 0 fully saturated rings. The van der Waals surface area contributed by atoms with E-state index < -0.39 is 0 Å². The van der Waals surface area contributed by atoms with Gasteiger partial charge in [0.1, 0.15) is 6.21 Å². The highest BCUT2D eigenvalue weighted by Gasteiger charge is 2.10. The van der Waals surface area contributed by atoms with Crippen molar-refractivity contribution >= 4 is 6.21 Å². The number of rotatable bonds is 1. The van der Waals surface area contributed by atoms with E-state index >= 15 is 0 Å². The minimum atomic E-state index is 0.0995. The normalized spacial score (nSPS) is 10.9. The molecule has 0 spiro atoms. The first-order valence-electron chi connectivity index (χ1n) is 2.49. The second-order valence-electron chi connectivity index (χ2n) is 1.65. The van der Waals surface area contributed by atoms with Crippen molar-refractivity contribution in [3.8, 4) is 0 Å². The molecule has 1 aromatic rings. The summed E-state index contributed by atoms with van der Waals surface area (Å²) >= 11 is 0. The van der Waals surface area contributed by atoms with Gasteiger partial charge >= 0.3 is 0 Å². The zero-order valence-electron chi connectivity index (χ0n) is 5.18. The molecule has 0 bridgehead atoms. The predicted octanol–water partition coefficient (Wildman–Crippen LogP) is -0.575. The molecule has 6 nitrogen and oxygen atoms in total. The predicted molar refractivity (Wildman–Crippen MR) is 29.6 cm³/mol. The van der Waals surface area contributed by atoms with Crippen LogP contribution in [0, 0.1) is 12.1 Å². The summed E-state index contributed by atoms with van der Waals surface area (Å²) in [5.41, 5.74) is 0.482. The summed E-state index contributed by atoms with van der Waals surface area (Å²) in [6.45, 7) is 1.56. The van der Waals surface area contributed by atoms with Gasteiger partial charge < -0.3 is 10.4 Å². The van der Waals surface area contributed by atoms with E-state index in [0.717, 1.165) is 6.21 Å². The van der Waals surface area contributed by atoms with Crippen molar-refractivity contribution in [2.45, 2.75) is 6.92 Å². The average Bonchev–Trinajstić information content (AvgIpc) is 2.20. The third-order valence-electron chi connectivity index (χ3n) is 0.999. The van der Waals surface area contributed by atoms with Crippen LogP contribution in [0.5, 0.6) is 0 Å². The molecule has 0 unspecified atom stereocenters. The average molecular weight is 143 g/mol. The molecule has 0 saturated heterocycles. The minimum absolute atomic E-state index is 0.0995. The molecule has 0 amide bonds. The Bertz CT molecular complexity index is 235. The molecule has 10 heavy (non-hydrogen) atoms. The fourth-order valence-electron chi connectivity index (χ4n) is 0.516. The van der Waals surface area contributed by atoms with Gasteiger partial charge in [-0.3, -0.25) is 4.63 Å². The lowest BCUT2D eigenvalue weighted by Gasteiger charge is -1.83. The topological polar surface area (TPSA) is 85.6 Å². The summed E-state index contributed by atoms with van der Waals surface area (Å²) in [7, 11) is 0. The SMILES string of the molecule is Cc1no[n+]([O-])c1/C=N/O. The first-order chi connectivity index (χ1) is 4.75. The van der Waals surface area contributed by atoms with Crippen molar-refractivity contribution in [3.63, 3.8) is 0 Å². The molecule has 0 saturated carbocycles. The van der Waals surface area contributed by atoms with Crippen molar-refractivity contribution in [1.82, 2.24) is 5.16 Å². The zero-order chi connectivity index (χ0) is 7.56. The van der Waals surface area contributed by atoms with Crippen LogP contribution in [0.15, 0.2) is 9.78 Å². The minimum Gasteiger partial charge on any atom is -0.411 e. The molecule has 54 valence electrons. The molecular weight excluding hydrogens is 138 g/mol. The number of hydrogen-bond donors (Lipinski definition) is 1. The monoisotopic (exact) mass is 143 g/mol. The summed E-state index contributed by atoms with van der Waals surface area (Å²) in [6, 6.07) is 0. The highest BCUT2D eigenvalue weighted by Crippen LogP contribution is 1.92. The summed E-state index contributed by atoms with van der Waals surface area (Å²) in [5.74, 6) is 0. The molecule has 1 N–H and O–H groups in total. The van der Waals surface area contributed by atoms with Gasteiger partial charge in [-0.1, -0.05) is 5.16 Å². The summed E-state index contributed by atoms with van der Waals surface area (Å²) in [5, 5.41) is 24.5. The number of aryl methyl sites for hydroxylation is 1. The number of hydrogen-bond acceptors (Lipinski definition) is 5. The fourth-order valence-corrected chi connectivity index (χ4v) is 0.516. The number of oxime groups is 1. The van der Waals surface area contributed by atoms with Crippen LogP contribution in [0.3, 0.4) is 0 Å². The van der Waals surface area contributed by atoms with Crippen LogP contribution in [0.2, 0.25) is 0 Å². The van der Waals surface area contributed by atoms with Crippen molar-refractivity contribution in [2.75, 3.05) is 0 Å². The fraction of sp³-hybridized carbons (Fsp3) is 0.250. The summed E-state index contributed by atoms with van der Waals surface area (Å²) in [4.78, 5) is 0.162. The number of nitrogens with zero attached hydrogens (tertiary/aromatic N) is 3. The molecule has 0 radical (unpaired) electrons. The van der Waals surface area contributed by atoms with E-state index in [9.17, 15) is 5.21 Å². The molecular formula is C4H5N3O3. The van der Waals surface area contributed by atoms with E-state index in [1.165, 1.54) is 0 Å². The van der Waals surface area contributed by atoms with Crippen molar-refractivity contribution in [2.24, 2.45) is 5.16 Å². The first kappa shape index (κ1) is 6.53. The van der Waals surface area contributed by atoms with Gasteiger partial charge in [0, 0.05) is 12.1 Å². The quantitative estimate of drug-likeness (QED) is 0.247. The molecule has 1 aromatic heterocycles. The van der Waals surface area contributed by atoms with Crippen LogP contribution in [-0.4, -0.2) is 16.6 Å². The summed E-state index contributed by atoms with van der Waals surface area (Å²) < 4.78 is 4.16. The van der Waals surface area contributed by atoms with E-state index in [2.05, 4.69) is 14.9 Å². The third kappa shape index (κ3) is 0.903. The highest BCUT2D eigenvalue weighted by molar-refractivity contribution is 5.75. The maximum Gasteiger partial charge on any atom is 0.242 e. The Morgan fingerprint density at radius 3 is 3.00 bits per heavy atom. The molecule has 0 atom stereocenters. The van der Waals surface area contributed by atoms with Gasteiger partial charge in [-0.05, 0) is 4.90 Å². The molecule has 0 aliphatic carbocycles. The first-order valence-corrected chi connectivity index (χ1v) is 2.49. The lowest BCUT2D eigenvalue weighted by Crippen LogP contribution is -2.28. The van der Waals surface area contributed by atoms with E-state index in [0.29, 0.717) is 5.69 Å². The van der Waals surface area contributed by atoms with Gasteiger partial charge in [0.25, 0.3) is 0 Å². The van der Waals surface area contributed by atoms with Crippen LogP contribution >= 0.6 is 0 Å². The molecule has 1 rings (SSSR count). The van der Waals surface area contributed by atoms with E-state index in [1.54, 1.807) is 6.92 Å². The molecule has 0 aromatic carbocycles. The van der Waals surface area contributed by atoms with E-state index in [4.69, 9.17) is 5.21 Å². The van der Waals surface area contributed by atoms with Gasteiger partial charge in [-0.15, -0.1) is 0 Å². The van der Waals surface area contributed by atoms with Gasteiger partial charge in [0.2, 0.25) is 11.4 Å². The Hall–Kier alpha value is -1.59. The molecule has 0 aliphatic rings. The van der Waals surface area contributed by atoms with Crippen molar-refractivity contribution in [1.29, 1.82) is 0 Å². The van der Waals surface area contributed by atoms with Crippen molar-refractivity contribution < 1.29 is 14.7 Å². The second kappa shape index (κ2) is 2.34. The van der Waals surface area contributed by atoms with Gasteiger partial charge in [0.05, 0.1) is 0 Å². The molecule has 0 aliphatic heterocycles. The molecule has 6 heteroatoms. The smallest absolute Gasteiger partial charge is 0.242 e. The lowest BCUT2D eigenvalue weighted by molar-refractivity contribution is -0.803. The van der Waals surface area contributed by atoms with Gasteiger partial charge in [0.15, 0.2) is 0 Å². The Labute approximate surface area is 55.9 Å². The van der Waals surface area contributed by atoms with Crippen molar-refractivity contribution in [3.05, 3.63) is 16.6 Å². The largest absolute Gasteiger partial charge is 0.411 e. The van der Waals surface area contributed by atoms with E-state index in [-0.39, 0.29) is 10.6 Å². The molecule has 1 heterocycles. The maximum atomic E-state index is 10.5. The Kier molecular flexibility index (Phi) is 1.53. The maximum absolute atomic E-state index is 10.5. The third-order valence-corrected chi connectivity index (χ3v) is 0.999. The van der Waals surface area contributed by atoms with Crippen LogP contribution in [0.4, 0.5) is 0 Å². The van der Waals surface area contributed by atoms with Crippen LogP contribution in [-0.2, 0) is 0 Å². The summed E-state index contributed by atoms with van der Waals surface area (Å²) in [6.07, 6.45) is 0.957. The number of aromatic nitrogens is 2. The van der Waals surface area contributed by atoms with Crippen LogP contribution < -0.4 is 4.90 Å². The van der Waals surface area contributed by atoms with E-state index in [1.807, 2.05) is 0 Å². The Morgan fingerprint density at radius 1 is 1.90 bits per heavy atom.